The van der Waals surface area contributed by atoms with Gasteiger partial charge in [-0.15, -0.1) is 0 Å². The molecule has 2 N–H and O–H groups in total. The number of nitriles is 1. The van der Waals surface area contributed by atoms with Crippen molar-refractivity contribution in [3.63, 3.8) is 0 Å². The third-order valence-corrected chi connectivity index (χ3v) is 3.64. The van der Waals surface area contributed by atoms with Gasteiger partial charge in [0.25, 0.3) is 0 Å². The first-order valence-corrected chi connectivity index (χ1v) is 6.19. The van der Waals surface area contributed by atoms with Crippen molar-refractivity contribution in [2.24, 2.45) is 5.41 Å². The maximum atomic E-state index is 13.6. The molecule has 1 saturated heterocycles. The minimum absolute atomic E-state index is 0.143. The van der Waals surface area contributed by atoms with Gasteiger partial charge in [-0.3, -0.25) is 4.79 Å². The zero-order valence-electron chi connectivity index (χ0n) is 11.0. The molecule has 1 fully saturated rings. The molecule has 4 nitrogen and oxygen atoms in total. The van der Waals surface area contributed by atoms with E-state index in [9.17, 15) is 9.18 Å². The summed E-state index contributed by atoms with van der Waals surface area (Å²) in [7, 11) is 0. The standard InChI is InChI=1S/C14H16FN3O/c1-9-11(15)5-10(7-16)6-12(9)18-13(19)14(2)3-4-17-8-14/h5-6,17H,3-4,8H2,1-2H3,(H,18,19). The van der Waals surface area contributed by atoms with Gasteiger partial charge in [-0.1, -0.05) is 0 Å². The van der Waals surface area contributed by atoms with E-state index >= 15 is 0 Å². The zero-order chi connectivity index (χ0) is 14.0. The topological polar surface area (TPSA) is 64.9 Å². The molecule has 0 spiro atoms. The van der Waals surface area contributed by atoms with Crippen molar-refractivity contribution < 1.29 is 9.18 Å². The fraction of sp³-hybridized carbons (Fsp3) is 0.429. The molecule has 1 heterocycles. The number of nitrogens with zero attached hydrogens (tertiary/aromatic N) is 1. The van der Waals surface area contributed by atoms with E-state index in [4.69, 9.17) is 5.26 Å². The highest BCUT2D eigenvalue weighted by atomic mass is 19.1. The molecule has 0 bridgehead atoms. The van der Waals surface area contributed by atoms with Gasteiger partial charge in [0.15, 0.2) is 0 Å². The summed E-state index contributed by atoms with van der Waals surface area (Å²) in [5.74, 6) is -0.626. The lowest BCUT2D eigenvalue weighted by Crippen LogP contribution is -2.35. The van der Waals surface area contributed by atoms with Crippen LogP contribution in [-0.4, -0.2) is 19.0 Å². The smallest absolute Gasteiger partial charge is 0.231 e. The molecule has 19 heavy (non-hydrogen) atoms. The largest absolute Gasteiger partial charge is 0.325 e. The maximum absolute atomic E-state index is 13.6. The van der Waals surface area contributed by atoms with E-state index in [0.717, 1.165) is 13.0 Å². The van der Waals surface area contributed by atoms with Crippen LogP contribution in [0.25, 0.3) is 0 Å². The second-order valence-corrected chi connectivity index (χ2v) is 5.18. The van der Waals surface area contributed by atoms with E-state index in [2.05, 4.69) is 10.6 Å². The Bertz CT molecular complexity index is 557. The molecule has 1 aromatic carbocycles. The third-order valence-electron chi connectivity index (χ3n) is 3.64. The number of benzene rings is 1. The zero-order valence-corrected chi connectivity index (χ0v) is 11.0. The SMILES string of the molecule is Cc1c(F)cc(C#N)cc1NC(=O)C1(C)CCNC1. The average Bonchev–Trinajstić information content (AvgIpc) is 2.83. The number of rotatable bonds is 2. The summed E-state index contributed by atoms with van der Waals surface area (Å²) in [5, 5.41) is 14.7. The molecule has 0 aliphatic carbocycles. The van der Waals surface area contributed by atoms with Gasteiger partial charge in [-0.2, -0.15) is 5.26 Å². The van der Waals surface area contributed by atoms with Crippen molar-refractivity contribution in [3.05, 3.63) is 29.1 Å². The molecule has 1 unspecified atom stereocenters. The second kappa shape index (κ2) is 4.98. The van der Waals surface area contributed by atoms with Gasteiger partial charge < -0.3 is 10.6 Å². The monoisotopic (exact) mass is 261 g/mol. The predicted molar refractivity (Wildman–Crippen MR) is 70.1 cm³/mol. The molecular formula is C14H16FN3O. The molecule has 0 radical (unpaired) electrons. The lowest BCUT2D eigenvalue weighted by Gasteiger charge is -2.22. The van der Waals surface area contributed by atoms with E-state index in [1.165, 1.54) is 12.1 Å². The van der Waals surface area contributed by atoms with Gasteiger partial charge in [0.05, 0.1) is 17.0 Å². The molecule has 1 amide bonds. The first kappa shape index (κ1) is 13.5. The van der Waals surface area contributed by atoms with Crippen molar-refractivity contribution >= 4 is 11.6 Å². The Hall–Kier alpha value is -1.93. The highest BCUT2D eigenvalue weighted by Gasteiger charge is 2.36. The molecule has 1 aliphatic rings. The fourth-order valence-electron chi connectivity index (χ4n) is 2.16. The van der Waals surface area contributed by atoms with E-state index in [1.54, 1.807) is 6.92 Å². The van der Waals surface area contributed by atoms with Crippen molar-refractivity contribution in [1.82, 2.24) is 5.32 Å². The predicted octanol–water partition coefficient (Wildman–Crippen LogP) is 1.94. The quantitative estimate of drug-likeness (QED) is 0.855. The number of halogens is 1. The number of nitrogens with one attached hydrogen (secondary N) is 2. The number of amides is 1. The molecule has 0 saturated carbocycles. The summed E-state index contributed by atoms with van der Waals surface area (Å²) in [5.41, 5.74) is 0.440. The van der Waals surface area contributed by atoms with E-state index < -0.39 is 11.2 Å². The summed E-state index contributed by atoms with van der Waals surface area (Å²) in [4.78, 5) is 12.2. The van der Waals surface area contributed by atoms with E-state index in [-0.39, 0.29) is 11.5 Å². The van der Waals surface area contributed by atoms with Gasteiger partial charge in [0, 0.05) is 17.8 Å². The third kappa shape index (κ3) is 2.59. The van der Waals surface area contributed by atoms with Crippen LogP contribution in [0.2, 0.25) is 0 Å². The maximum Gasteiger partial charge on any atom is 0.231 e. The van der Waals surface area contributed by atoms with Crippen LogP contribution in [0.3, 0.4) is 0 Å². The first-order chi connectivity index (χ1) is 8.96. The lowest BCUT2D eigenvalue weighted by atomic mass is 9.88. The molecule has 5 heteroatoms. The molecule has 1 aromatic rings. The Morgan fingerprint density at radius 3 is 2.89 bits per heavy atom. The minimum atomic E-state index is -0.482. The van der Waals surface area contributed by atoms with Crippen LogP contribution in [-0.2, 0) is 4.79 Å². The van der Waals surface area contributed by atoms with Crippen molar-refractivity contribution in [2.45, 2.75) is 20.3 Å². The second-order valence-electron chi connectivity index (χ2n) is 5.18. The van der Waals surface area contributed by atoms with Crippen LogP contribution in [0.5, 0.6) is 0 Å². The van der Waals surface area contributed by atoms with E-state index in [1.807, 2.05) is 13.0 Å². The van der Waals surface area contributed by atoms with Crippen LogP contribution in [0.15, 0.2) is 12.1 Å². The van der Waals surface area contributed by atoms with Crippen LogP contribution >= 0.6 is 0 Å². The summed E-state index contributed by atoms with van der Waals surface area (Å²) in [6, 6.07) is 4.56. The number of hydrogen-bond acceptors (Lipinski definition) is 3. The molecule has 100 valence electrons. The Morgan fingerprint density at radius 2 is 2.32 bits per heavy atom. The average molecular weight is 261 g/mol. The number of carbonyl (C=O) groups excluding carboxylic acids is 1. The van der Waals surface area contributed by atoms with Crippen LogP contribution in [0.4, 0.5) is 10.1 Å². The van der Waals surface area contributed by atoms with Gasteiger partial charge >= 0.3 is 0 Å². The lowest BCUT2D eigenvalue weighted by molar-refractivity contribution is -0.123. The molecule has 1 atom stereocenters. The van der Waals surface area contributed by atoms with Crippen LogP contribution in [0.1, 0.15) is 24.5 Å². The van der Waals surface area contributed by atoms with Gasteiger partial charge in [0.1, 0.15) is 5.82 Å². The summed E-state index contributed by atoms with van der Waals surface area (Å²) >= 11 is 0. The number of hydrogen-bond donors (Lipinski definition) is 2. The van der Waals surface area contributed by atoms with Crippen molar-refractivity contribution in [1.29, 1.82) is 5.26 Å². The van der Waals surface area contributed by atoms with Crippen molar-refractivity contribution in [2.75, 3.05) is 18.4 Å². The molecule has 2 rings (SSSR count). The number of carbonyl (C=O) groups is 1. The Labute approximate surface area is 111 Å². The van der Waals surface area contributed by atoms with Crippen LogP contribution < -0.4 is 10.6 Å². The summed E-state index contributed by atoms with van der Waals surface area (Å²) in [6.45, 7) is 4.87. The van der Waals surface area contributed by atoms with Crippen molar-refractivity contribution in [3.8, 4) is 6.07 Å². The molecule has 0 aromatic heterocycles. The summed E-state index contributed by atoms with van der Waals surface area (Å²) in [6.07, 6.45) is 0.748. The Morgan fingerprint density at radius 1 is 1.58 bits per heavy atom. The molecular weight excluding hydrogens is 245 g/mol. The van der Waals surface area contributed by atoms with Crippen LogP contribution in [0, 0.1) is 29.5 Å². The Balaban J connectivity index is 2.26. The normalized spacial score (nSPS) is 22.0. The molecule has 1 aliphatic heterocycles. The summed E-state index contributed by atoms with van der Waals surface area (Å²) < 4.78 is 13.6. The highest BCUT2D eigenvalue weighted by Crippen LogP contribution is 2.28. The van der Waals surface area contributed by atoms with Gasteiger partial charge in [-0.25, -0.2) is 4.39 Å². The number of anilines is 1. The highest BCUT2D eigenvalue weighted by molar-refractivity contribution is 5.96. The van der Waals surface area contributed by atoms with Gasteiger partial charge in [0.2, 0.25) is 5.91 Å². The fourth-order valence-corrected chi connectivity index (χ4v) is 2.16. The van der Waals surface area contributed by atoms with E-state index in [0.29, 0.717) is 17.8 Å². The van der Waals surface area contributed by atoms with Gasteiger partial charge in [-0.05, 0) is 38.9 Å². The Kier molecular flexibility index (Phi) is 3.54. The first-order valence-electron chi connectivity index (χ1n) is 6.19. The minimum Gasteiger partial charge on any atom is -0.325 e.